The van der Waals surface area contributed by atoms with Crippen LogP contribution in [0.15, 0.2) is 4.99 Å². The summed E-state index contributed by atoms with van der Waals surface area (Å²) in [6.45, 7) is 12.9. The van der Waals surface area contributed by atoms with Gasteiger partial charge in [-0.3, -0.25) is 4.99 Å². The minimum Gasteiger partial charge on any atom is -0.382 e. The number of nitrogens with one attached hydrogen (secondary N) is 1. The van der Waals surface area contributed by atoms with Crippen molar-refractivity contribution in [2.24, 2.45) is 10.9 Å². The van der Waals surface area contributed by atoms with Crippen LogP contribution in [0.5, 0.6) is 0 Å². The van der Waals surface area contributed by atoms with E-state index in [1.54, 1.807) is 7.11 Å². The van der Waals surface area contributed by atoms with Gasteiger partial charge >= 0.3 is 0 Å². The van der Waals surface area contributed by atoms with Crippen LogP contribution in [0.1, 0.15) is 20.3 Å². The van der Waals surface area contributed by atoms with Crippen LogP contribution in [0, 0.1) is 5.92 Å². The Balaban J connectivity index is 0.00000484. The van der Waals surface area contributed by atoms with E-state index in [1.165, 1.54) is 6.42 Å². The fourth-order valence-electron chi connectivity index (χ4n) is 2.75. The largest absolute Gasteiger partial charge is 0.382 e. The molecule has 6 nitrogen and oxygen atoms in total. The summed E-state index contributed by atoms with van der Waals surface area (Å²) in [7, 11) is 3.57. The second-order valence-electron chi connectivity index (χ2n) is 5.67. The van der Waals surface area contributed by atoms with E-state index in [0.29, 0.717) is 19.1 Å². The number of nitrogens with zero attached hydrogens (tertiary/aromatic N) is 3. The Labute approximate surface area is 159 Å². The molecule has 0 saturated carbocycles. The number of methoxy groups -OCH3 is 1. The Kier molecular flexibility index (Phi) is 14.2. The molecule has 1 rings (SSSR count). The number of rotatable bonds is 10. The van der Waals surface area contributed by atoms with Gasteiger partial charge in [0, 0.05) is 46.3 Å². The molecule has 23 heavy (non-hydrogen) atoms. The molecule has 0 radical (unpaired) electrons. The second-order valence-corrected chi connectivity index (χ2v) is 5.67. The Bertz CT molecular complexity index is 314. The zero-order chi connectivity index (χ0) is 16.2. The summed E-state index contributed by atoms with van der Waals surface area (Å²) in [6.07, 6.45) is 1.17. The predicted molar refractivity (Wildman–Crippen MR) is 107 cm³/mol. The Morgan fingerprint density at radius 1 is 1.30 bits per heavy atom. The van der Waals surface area contributed by atoms with Crippen LogP contribution in [0.4, 0.5) is 0 Å². The summed E-state index contributed by atoms with van der Waals surface area (Å²) in [4.78, 5) is 9.17. The number of hydrogen-bond donors (Lipinski definition) is 1. The highest BCUT2D eigenvalue weighted by Gasteiger charge is 2.24. The van der Waals surface area contributed by atoms with E-state index in [-0.39, 0.29) is 24.0 Å². The molecule has 1 saturated heterocycles. The summed E-state index contributed by atoms with van der Waals surface area (Å²) in [5.41, 5.74) is 0. The molecule has 0 spiro atoms. The normalized spacial score (nSPS) is 18.4. The summed E-state index contributed by atoms with van der Waals surface area (Å²) >= 11 is 0. The third-order valence-electron chi connectivity index (χ3n) is 4.19. The first-order chi connectivity index (χ1) is 10.7. The van der Waals surface area contributed by atoms with E-state index in [0.717, 1.165) is 51.8 Å². The van der Waals surface area contributed by atoms with Gasteiger partial charge in [-0.25, -0.2) is 0 Å². The quantitative estimate of drug-likeness (QED) is 0.241. The smallest absolute Gasteiger partial charge is 0.193 e. The maximum Gasteiger partial charge on any atom is 0.193 e. The lowest BCUT2D eigenvalue weighted by Gasteiger charge is -2.24. The summed E-state index contributed by atoms with van der Waals surface area (Å²) in [5.74, 6) is 1.62. The lowest BCUT2D eigenvalue weighted by molar-refractivity contribution is 0.0536. The molecule has 1 N–H and O–H groups in total. The van der Waals surface area contributed by atoms with Crippen LogP contribution >= 0.6 is 24.0 Å². The van der Waals surface area contributed by atoms with Gasteiger partial charge in [-0.05, 0) is 19.5 Å². The van der Waals surface area contributed by atoms with Crippen molar-refractivity contribution in [2.75, 3.05) is 73.2 Å². The average Bonchev–Trinajstić information content (AvgIpc) is 3.00. The highest BCUT2D eigenvalue weighted by Crippen LogP contribution is 2.16. The van der Waals surface area contributed by atoms with E-state index >= 15 is 0 Å². The molecule has 0 amide bonds. The van der Waals surface area contributed by atoms with Crippen LogP contribution < -0.4 is 5.32 Å². The van der Waals surface area contributed by atoms with Gasteiger partial charge in [0.2, 0.25) is 0 Å². The van der Waals surface area contributed by atoms with Gasteiger partial charge in [0.1, 0.15) is 0 Å². The molecule has 0 aromatic rings. The number of ether oxygens (including phenoxy) is 2. The van der Waals surface area contributed by atoms with E-state index in [9.17, 15) is 0 Å². The Morgan fingerprint density at radius 3 is 2.65 bits per heavy atom. The lowest BCUT2D eigenvalue weighted by Crippen LogP contribution is -2.43. The summed E-state index contributed by atoms with van der Waals surface area (Å²) in [6, 6.07) is 0. The maximum absolute atomic E-state index is 5.64. The zero-order valence-electron chi connectivity index (χ0n) is 15.2. The highest BCUT2D eigenvalue weighted by molar-refractivity contribution is 14.0. The van der Waals surface area contributed by atoms with Gasteiger partial charge in [-0.2, -0.15) is 0 Å². The molecule has 0 aromatic heterocycles. The van der Waals surface area contributed by atoms with Crippen LogP contribution in [0.2, 0.25) is 0 Å². The number of likely N-dealkylation sites (tertiary alicyclic amines) is 1. The molecule has 0 bridgehead atoms. The van der Waals surface area contributed by atoms with Gasteiger partial charge in [-0.1, -0.05) is 13.8 Å². The third kappa shape index (κ3) is 9.07. The Morgan fingerprint density at radius 2 is 2.04 bits per heavy atom. The highest BCUT2D eigenvalue weighted by atomic mass is 127. The fraction of sp³-hybridized carbons (Fsp3) is 0.938. The average molecular weight is 442 g/mol. The van der Waals surface area contributed by atoms with Crippen molar-refractivity contribution in [2.45, 2.75) is 20.3 Å². The predicted octanol–water partition coefficient (Wildman–Crippen LogP) is 1.51. The number of guanidine groups is 1. The molecule has 7 heteroatoms. The number of halogens is 1. The first kappa shape index (κ1) is 22.9. The van der Waals surface area contributed by atoms with Gasteiger partial charge in [0.25, 0.3) is 0 Å². The van der Waals surface area contributed by atoms with Crippen molar-refractivity contribution in [1.29, 1.82) is 0 Å². The standard InChI is InChI=1S/C16H34N4O2.HI/c1-5-19(6-2)10-8-18-16(17-3)20-9-7-15(13-20)14-22-12-11-21-4;/h15H,5-14H2,1-4H3,(H,17,18);1H. The van der Waals surface area contributed by atoms with Crippen molar-refractivity contribution in [1.82, 2.24) is 15.1 Å². The lowest BCUT2D eigenvalue weighted by atomic mass is 10.1. The number of likely N-dealkylation sites (N-methyl/N-ethyl adjacent to an activating group) is 1. The molecular formula is C16H35IN4O2. The number of hydrogen-bond acceptors (Lipinski definition) is 4. The first-order valence-corrected chi connectivity index (χ1v) is 8.49. The van der Waals surface area contributed by atoms with E-state index in [2.05, 4.69) is 34.0 Å². The van der Waals surface area contributed by atoms with Crippen molar-refractivity contribution < 1.29 is 9.47 Å². The van der Waals surface area contributed by atoms with Crippen molar-refractivity contribution >= 4 is 29.9 Å². The van der Waals surface area contributed by atoms with Crippen molar-refractivity contribution in [3.05, 3.63) is 0 Å². The molecule has 1 unspecified atom stereocenters. The molecule has 1 atom stereocenters. The third-order valence-corrected chi connectivity index (χ3v) is 4.19. The molecule has 1 heterocycles. The molecule has 0 aromatic carbocycles. The SMILES string of the molecule is CCN(CC)CCNC(=NC)N1CCC(COCCOC)C1.I. The fourth-order valence-corrected chi connectivity index (χ4v) is 2.75. The monoisotopic (exact) mass is 442 g/mol. The van der Waals surface area contributed by atoms with E-state index < -0.39 is 0 Å². The molecule has 1 aliphatic rings. The molecule has 0 aliphatic carbocycles. The minimum atomic E-state index is 0. The molecule has 138 valence electrons. The number of aliphatic imine (C=N–C) groups is 1. The molecule has 1 aliphatic heterocycles. The van der Waals surface area contributed by atoms with Crippen LogP contribution in [0.3, 0.4) is 0 Å². The van der Waals surface area contributed by atoms with Gasteiger partial charge < -0.3 is 24.6 Å². The van der Waals surface area contributed by atoms with Gasteiger partial charge in [-0.15, -0.1) is 24.0 Å². The van der Waals surface area contributed by atoms with E-state index in [4.69, 9.17) is 9.47 Å². The van der Waals surface area contributed by atoms with Crippen molar-refractivity contribution in [3.8, 4) is 0 Å². The second kappa shape index (κ2) is 14.2. The Hall–Kier alpha value is -0.120. The molecular weight excluding hydrogens is 407 g/mol. The van der Waals surface area contributed by atoms with Crippen LogP contribution in [0.25, 0.3) is 0 Å². The zero-order valence-corrected chi connectivity index (χ0v) is 17.5. The topological polar surface area (TPSA) is 49.3 Å². The van der Waals surface area contributed by atoms with E-state index in [1.807, 2.05) is 7.05 Å². The summed E-state index contributed by atoms with van der Waals surface area (Å²) in [5, 5.41) is 3.48. The van der Waals surface area contributed by atoms with Gasteiger partial charge in [0.15, 0.2) is 5.96 Å². The summed E-state index contributed by atoms with van der Waals surface area (Å²) < 4.78 is 10.6. The molecule has 1 fully saturated rings. The van der Waals surface area contributed by atoms with Crippen molar-refractivity contribution in [3.63, 3.8) is 0 Å². The van der Waals surface area contributed by atoms with Crippen LogP contribution in [-0.4, -0.2) is 89.0 Å². The first-order valence-electron chi connectivity index (χ1n) is 8.49. The van der Waals surface area contributed by atoms with Gasteiger partial charge in [0.05, 0.1) is 19.8 Å². The maximum atomic E-state index is 5.64. The van der Waals surface area contributed by atoms with Crippen LogP contribution in [-0.2, 0) is 9.47 Å². The minimum absolute atomic E-state index is 0.